The van der Waals surface area contributed by atoms with E-state index in [-0.39, 0.29) is 6.04 Å². The van der Waals surface area contributed by atoms with Gasteiger partial charge in [0.05, 0.1) is 6.10 Å². The van der Waals surface area contributed by atoms with Gasteiger partial charge in [0.15, 0.2) is 0 Å². The zero-order chi connectivity index (χ0) is 15.2. The third-order valence-corrected chi connectivity index (χ3v) is 4.37. The van der Waals surface area contributed by atoms with E-state index in [0.29, 0.717) is 12.0 Å². The Kier molecular flexibility index (Phi) is 6.22. The minimum absolute atomic E-state index is 0.109. The SMILES string of the molecule is COC1CCN(CC(N)c2ccc(CC(C)C)cc2)CC1. The topological polar surface area (TPSA) is 38.5 Å². The second-order valence-corrected chi connectivity index (χ2v) is 6.68. The van der Waals surface area contributed by atoms with Gasteiger partial charge in [-0.25, -0.2) is 0 Å². The monoisotopic (exact) mass is 290 g/mol. The first-order valence-corrected chi connectivity index (χ1v) is 8.18. The zero-order valence-electron chi connectivity index (χ0n) is 13.7. The van der Waals surface area contributed by atoms with E-state index in [9.17, 15) is 0 Å². The van der Waals surface area contributed by atoms with Crippen molar-refractivity contribution in [3.63, 3.8) is 0 Å². The molecule has 2 rings (SSSR count). The molecule has 1 heterocycles. The summed E-state index contributed by atoms with van der Waals surface area (Å²) in [5.74, 6) is 0.701. The van der Waals surface area contributed by atoms with Gasteiger partial charge in [0.1, 0.15) is 0 Å². The Bertz CT molecular complexity index is 408. The van der Waals surface area contributed by atoms with E-state index in [1.165, 1.54) is 11.1 Å². The molecule has 21 heavy (non-hydrogen) atoms. The Morgan fingerprint density at radius 1 is 1.19 bits per heavy atom. The maximum atomic E-state index is 6.37. The van der Waals surface area contributed by atoms with E-state index in [4.69, 9.17) is 10.5 Å². The minimum Gasteiger partial charge on any atom is -0.381 e. The predicted molar refractivity (Wildman–Crippen MR) is 88.4 cm³/mol. The van der Waals surface area contributed by atoms with Crippen molar-refractivity contribution in [1.82, 2.24) is 4.90 Å². The highest BCUT2D eigenvalue weighted by Gasteiger charge is 2.20. The average molecular weight is 290 g/mol. The van der Waals surface area contributed by atoms with Crippen LogP contribution in [0.3, 0.4) is 0 Å². The van der Waals surface area contributed by atoms with Crippen LogP contribution < -0.4 is 5.73 Å². The van der Waals surface area contributed by atoms with Crippen LogP contribution >= 0.6 is 0 Å². The highest BCUT2D eigenvalue weighted by atomic mass is 16.5. The molecule has 3 nitrogen and oxygen atoms in total. The molecule has 0 radical (unpaired) electrons. The van der Waals surface area contributed by atoms with Crippen molar-refractivity contribution >= 4 is 0 Å². The van der Waals surface area contributed by atoms with Crippen LogP contribution in [0.2, 0.25) is 0 Å². The maximum Gasteiger partial charge on any atom is 0.0595 e. The Hall–Kier alpha value is -0.900. The number of methoxy groups -OCH3 is 1. The molecule has 1 atom stereocenters. The number of hydrogen-bond donors (Lipinski definition) is 1. The zero-order valence-corrected chi connectivity index (χ0v) is 13.7. The molecule has 1 saturated heterocycles. The van der Waals surface area contributed by atoms with E-state index >= 15 is 0 Å². The molecule has 1 fully saturated rings. The van der Waals surface area contributed by atoms with Gasteiger partial charge in [-0.15, -0.1) is 0 Å². The first-order valence-electron chi connectivity index (χ1n) is 8.18. The molecule has 1 aromatic rings. The molecule has 2 N–H and O–H groups in total. The number of nitrogens with two attached hydrogens (primary N) is 1. The Morgan fingerprint density at radius 3 is 2.33 bits per heavy atom. The van der Waals surface area contributed by atoms with Crippen LogP contribution in [0.4, 0.5) is 0 Å². The van der Waals surface area contributed by atoms with E-state index in [0.717, 1.165) is 38.9 Å². The summed E-state index contributed by atoms with van der Waals surface area (Å²) in [7, 11) is 1.81. The van der Waals surface area contributed by atoms with Crippen molar-refractivity contribution in [3.8, 4) is 0 Å². The summed E-state index contributed by atoms with van der Waals surface area (Å²) >= 11 is 0. The minimum atomic E-state index is 0.109. The molecule has 0 aromatic heterocycles. The van der Waals surface area contributed by atoms with Gasteiger partial charge in [-0.05, 0) is 36.3 Å². The number of benzene rings is 1. The van der Waals surface area contributed by atoms with Crippen LogP contribution in [0, 0.1) is 5.92 Å². The molecule has 1 aromatic carbocycles. The fourth-order valence-corrected chi connectivity index (χ4v) is 3.08. The Labute approximate surface area is 129 Å². The van der Waals surface area contributed by atoms with Crippen LogP contribution in [-0.2, 0) is 11.2 Å². The molecule has 0 saturated carbocycles. The van der Waals surface area contributed by atoms with Gasteiger partial charge in [0.2, 0.25) is 0 Å². The van der Waals surface area contributed by atoms with Crippen molar-refractivity contribution in [2.24, 2.45) is 11.7 Å². The molecular weight excluding hydrogens is 260 g/mol. The van der Waals surface area contributed by atoms with Crippen molar-refractivity contribution < 1.29 is 4.74 Å². The van der Waals surface area contributed by atoms with Gasteiger partial charge in [-0.3, -0.25) is 0 Å². The average Bonchev–Trinajstić information content (AvgIpc) is 2.48. The maximum absolute atomic E-state index is 6.37. The predicted octanol–water partition coefficient (Wildman–Crippen LogP) is 3.00. The Balaban J connectivity index is 1.84. The lowest BCUT2D eigenvalue weighted by atomic mass is 9.99. The van der Waals surface area contributed by atoms with Crippen LogP contribution in [0.5, 0.6) is 0 Å². The highest BCUT2D eigenvalue weighted by Crippen LogP contribution is 2.18. The summed E-state index contributed by atoms with van der Waals surface area (Å²) in [6.45, 7) is 7.64. The lowest BCUT2D eigenvalue weighted by molar-refractivity contribution is 0.0395. The second kappa shape index (κ2) is 7.92. The van der Waals surface area contributed by atoms with E-state index in [1.807, 2.05) is 7.11 Å². The molecular formula is C18H30N2O. The third kappa shape index (κ3) is 5.10. The van der Waals surface area contributed by atoms with Crippen molar-refractivity contribution in [1.29, 1.82) is 0 Å². The number of piperidine rings is 1. The highest BCUT2D eigenvalue weighted by molar-refractivity contribution is 5.25. The van der Waals surface area contributed by atoms with Crippen molar-refractivity contribution in [3.05, 3.63) is 35.4 Å². The van der Waals surface area contributed by atoms with Crippen LogP contribution in [0.15, 0.2) is 24.3 Å². The summed E-state index contributed by atoms with van der Waals surface area (Å²) in [4.78, 5) is 2.46. The van der Waals surface area contributed by atoms with Gasteiger partial charge < -0.3 is 15.4 Å². The van der Waals surface area contributed by atoms with Crippen LogP contribution in [-0.4, -0.2) is 37.7 Å². The molecule has 0 aliphatic carbocycles. The summed E-state index contributed by atoms with van der Waals surface area (Å²) in [5.41, 5.74) is 9.02. The number of ether oxygens (including phenoxy) is 1. The summed E-state index contributed by atoms with van der Waals surface area (Å²) in [6.07, 6.45) is 3.82. The molecule has 1 aliphatic heterocycles. The number of hydrogen-bond acceptors (Lipinski definition) is 3. The number of rotatable bonds is 6. The number of likely N-dealkylation sites (tertiary alicyclic amines) is 1. The van der Waals surface area contributed by atoms with Gasteiger partial charge in [-0.2, -0.15) is 0 Å². The molecule has 1 unspecified atom stereocenters. The second-order valence-electron chi connectivity index (χ2n) is 6.68. The summed E-state index contributed by atoms with van der Waals surface area (Å²) < 4.78 is 5.42. The fraction of sp³-hybridized carbons (Fsp3) is 0.667. The third-order valence-electron chi connectivity index (χ3n) is 4.37. The van der Waals surface area contributed by atoms with Gasteiger partial charge in [0.25, 0.3) is 0 Å². The fourth-order valence-electron chi connectivity index (χ4n) is 3.08. The van der Waals surface area contributed by atoms with E-state index < -0.39 is 0 Å². The molecule has 118 valence electrons. The molecule has 0 spiro atoms. The van der Waals surface area contributed by atoms with Gasteiger partial charge in [-0.1, -0.05) is 38.1 Å². The largest absolute Gasteiger partial charge is 0.381 e. The van der Waals surface area contributed by atoms with Crippen molar-refractivity contribution in [2.45, 2.75) is 45.3 Å². The number of nitrogens with zero attached hydrogens (tertiary/aromatic N) is 1. The first kappa shape index (κ1) is 16.5. The molecule has 0 amide bonds. The van der Waals surface area contributed by atoms with Crippen molar-refractivity contribution in [2.75, 3.05) is 26.7 Å². The van der Waals surface area contributed by atoms with E-state index in [1.54, 1.807) is 0 Å². The Morgan fingerprint density at radius 2 is 1.81 bits per heavy atom. The van der Waals surface area contributed by atoms with Crippen LogP contribution in [0.25, 0.3) is 0 Å². The van der Waals surface area contributed by atoms with Crippen LogP contribution in [0.1, 0.15) is 43.9 Å². The van der Waals surface area contributed by atoms with E-state index in [2.05, 4.69) is 43.0 Å². The molecule has 1 aliphatic rings. The first-order chi connectivity index (χ1) is 10.1. The smallest absolute Gasteiger partial charge is 0.0595 e. The molecule has 3 heteroatoms. The standard InChI is InChI=1S/C18H30N2O/c1-14(2)12-15-4-6-16(7-5-15)18(19)13-20-10-8-17(21-3)9-11-20/h4-7,14,17-18H,8-13,19H2,1-3H3. The van der Waals surface area contributed by atoms with Gasteiger partial charge >= 0.3 is 0 Å². The lowest BCUT2D eigenvalue weighted by Crippen LogP contribution is -2.40. The summed E-state index contributed by atoms with van der Waals surface area (Å²) in [5, 5.41) is 0. The molecule has 0 bridgehead atoms. The quantitative estimate of drug-likeness (QED) is 0.875. The lowest BCUT2D eigenvalue weighted by Gasteiger charge is -2.32. The summed E-state index contributed by atoms with van der Waals surface area (Å²) in [6, 6.07) is 8.96. The van der Waals surface area contributed by atoms with Gasteiger partial charge in [0, 0.05) is 32.8 Å². The normalized spacial score (nSPS) is 19.1.